The molecular formula is C15H20N2O. The van der Waals surface area contributed by atoms with Crippen LogP contribution in [0.15, 0.2) is 29.7 Å². The molecule has 3 fully saturated rings. The molecule has 2 heterocycles. The van der Waals surface area contributed by atoms with E-state index in [9.17, 15) is 0 Å². The van der Waals surface area contributed by atoms with Crippen molar-refractivity contribution in [3.05, 3.63) is 24.5 Å². The van der Waals surface area contributed by atoms with Gasteiger partial charge in [0.15, 0.2) is 5.84 Å². The van der Waals surface area contributed by atoms with Gasteiger partial charge in [0.05, 0.1) is 5.92 Å². The largest absolute Gasteiger partial charge is 0.387 e. The summed E-state index contributed by atoms with van der Waals surface area (Å²) in [6.45, 7) is 7.05. The maximum Gasteiger partial charge on any atom is 0.159 e. The summed E-state index contributed by atoms with van der Waals surface area (Å²) in [6, 6.07) is 4.09. The fraction of sp³-hybridized carbons (Fsp3) is 0.667. The summed E-state index contributed by atoms with van der Waals surface area (Å²) in [7, 11) is 0. The lowest BCUT2D eigenvalue weighted by molar-refractivity contribution is -0.220. The van der Waals surface area contributed by atoms with Gasteiger partial charge >= 0.3 is 0 Å². The summed E-state index contributed by atoms with van der Waals surface area (Å²) in [5.74, 6) is 3.04. The molecule has 18 heavy (non-hydrogen) atoms. The van der Waals surface area contributed by atoms with Crippen molar-refractivity contribution in [3.8, 4) is 0 Å². The highest BCUT2D eigenvalue weighted by Crippen LogP contribution is 2.66. The van der Waals surface area contributed by atoms with Crippen molar-refractivity contribution in [2.75, 3.05) is 0 Å². The Morgan fingerprint density at radius 1 is 1.22 bits per heavy atom. The van der Waals surface area contributed by atoms with Crippen LogP contribution >= 0.6 is 0 Å². The van der Waals surface area contributed by atoms with Crippen LogP contribution in [-0.4, -0.2) is 16.0 Å². The molecule has 0 spiro atoms. The van der Waals surface area contributed by atoms with E-state index in [1.54, 1.807) is 0 Å². The minimum Gasteiger partial charge on any atom is -0.387 e. The summed E-state index contributed by atoms with van der Waals surface area (Å²) < 4.78 is 2.12. The normalized spacial score (nSPS) is 43.7. The molecule has 4 aliphatic rings. The molecule has 4 atom stereocenters. The van der Waals surface area contributed by atoms with Gasteiger partial charge in [0, 0.05) is 18.3 Å². The van der Waals surface area contributed by atoms with Gasteiger partial charge in [0.2, 0.25) is 0 Å². The second-order valence-electron chi connectivity index (χ2n) is 6.91. The van der Waals surface area contributed by atoms with Crippen LogP contribution in [0.1, 0.15) is 33.6 Å². The van der Waals surface area contributed by atoms with E-state index in [4.69, 9.17) is 4.84 Å². The van der Waals surface area contributed by atoms with Crippen LogP contribution in [0.4, 0.5) is 0 Å². The van der Waals surface area contributed by atoms with E-state index in [1.807, 2.05) is 12.1 Å². The van der Waals surface area contributed by atoms with E-state index in [0.29, 0.717) is 17.3 Å². The number of nitrogens with zero attached hydrogens (tertiary/aromatic N) is 2. The fourth-order valence-electron chi connectivity index (χ4n) is 4.56. The first-order valence-electron chi connectivity index (χ1n) is 6.93. The van der Waals surface area contributed by atoms with Gasteiger partial charge < -0.3 is 9.40 Å². The molecule has 0 radical (unpaired) electrons. The summed E-state index contributed by atoms with van der Waals surface area (Å²) >= 11 is 0. The summed E-state index contributed by atoms with van der Waals surface area (Å²) in [4.78, 5) is 5.93. The zero-order valence-corrected chi connectivity index (χ0v) is 11.3. The molecule has 0 amide bonds. The quantitative estimate of drug-likeness (QED) is 0.688. The molecule has 4 unspecified atom stereocenters. The van der Waals surface area contributed by atoms with Crippen LogP contribution < -0.4 is 0 Å². The molecule has 3 nitrogen and oxygen atoms in total. The van der Waals surface area contributed by atoms with Crippen molar-refractivity contribution in [2.45, 2.75) is 39.2 Å². The van der Waals surface area contributed by atoms with Gasteiger partial charge in [-0.25, -0.2) is 0 Å². The molecule has 0 N–H and O–H groups in total. The molecule has 3 saturated carbocycles. The van der Waals surface area contributed by atoms with E-state index < -0.39 is 0 Å². The molecule has 1 aromatic heterocycles. The minimum absolute atomic E-state index is 0.0855. The van der Waals surface area contributed by atoms with Gasteiger partial charge in [0.25, 0.3) is 0 Å². The highest BCUT2D eigenvalue weighted by Gasteiger charge is 2.68. The second-order valence-corrected chi connectivity index (χ2v) is 6.91. The number of rotatable bonds is 0. The average Bonchev–Trinajstić information content (AvgIpc) is 2.93. The highest BCUT2D eigenvalue weighted by molar-refractivity contribution is 5.89. The van der Waals surface area contributed by atoms with E-state index in [1.165, 1.54) is 12.8 Å². The summed E-state index contributed by atoms with van der Waals surface area (Å²) in [5.41, 5.74) is 0.338. The lowest BCUT2D eigenvalue weighted by Crippen LogP contribution is -2.64. The van der Waals surface area contributed by atoms with Gasteiger partial charge in [-0.3, -0.25) is 0 Å². The predicted octanol–water partition coefficient (Wildman–Crippen LogP) is 3.12. The van der Waals surface area contributed by atoms with Crippen LogP contribution in [0.5, 0.6) is 0 Å². The van der Waals surface area contributed by atoms with Gasteiger partial charge in [0.1, 0.15) is 5.60 Å². The van der Waals surface area contributed by atoms with Crippen LogP contribution in [0.2, 0.25) is 0 Å². The Morgan fingerprint density at radius 3 is 2.61 bits per heavy atom. The molecule has 0 aromatic carbocycles. The second kappa shape index (κ2) is 3.01. The van der Waals surface area contributed by atoms with Crippen LogP contribution in [0, 0.1) is 23.2 Å². The Kier molecular flexibility index (Phi) is 1.78. The maximum absolute atomic E-state index is 5.93. The van der Waals surface area contributed by atoms with Crippen LogP contribution in [0.25, 0.3) is 0 Å². The van der Waals surface area contributed by atoms with E-state index in [2.05, 4.69) is 42.9 Å². The number of hydrogen-bond donors (Lipinski definition) is 0. The third-order valence-corrected chi connectivity index (χ3v) is 5.89. The Bertz CT molecular complexity index is 517. The lowest BCUT2D eigenvalue weighted by Gasteiger charge is -2.63. The number of aromatic nitrogens is 1. The first-order chi connectivity index (χ1) is 8.53. The summed E-state index contributed by atoms with van der Waals surface area (Å²) in [6.07, 6.45) is 6.67. The van der Waals surface area contributed by atoms with Crippen molar-refractivity contribution in [2.24, 2.45) is 28.3 Å². The average molecular weight is 244 g/mol. The van der Waals surface area contributed by atoms with E-state index in [0.717, 1.165) is 11.8 Å². The topological polar surface area (TPSA) is 26.5 Å². The fourth-order valence-corrected chi connectivity index (χ4v) is 4.56. The van der Waals surface area contributed by atoms with E-state index >= 15 is 0 Å². The number of hydrogen-bond acceptors (Lipinski definition) is 2. The zero-order chi connectivity index (χ0) is 12.5. The smallest absolute Gasteiger partial charge is 0.159 e. The Balaban J connectivity index is 1.72. The molecule has 1 aliphatic heterocycles. The molecule has 3 heteroatoms. The monoisotopic (exact) mass is 244 g/mol. The van der Waals surface area contributed by atoms with Gasteiger partial charge in [-0.2, -0.15) is 0 Å². The molecule has 1 aromatic rings. The summed E-state index contributed by atoms with van der Waals surface area (Å²) in [5, 5.41) is 4.42. The highest BCUT2D eigenvalue weighted by atomic mass is 16.7. The lowest BCUT2D eigenvalue weighted by atomic mass is 9.42. The van der Waals surface area contributed by atoms with Crippen molar-refractivity contribution >= 4 is 5.84 Å². The molecule has 0 saturated heterocycles. The number of oxime groups is 1. The minimum atomic E-state index is -0.0855. The Labute approximate surface area is 108 Å². The van der Waals surface area contributed by atoms with Gasteiger partial charge in [-0.15, -0.1) is 0 Å². The Hall–Kier alpha value is -1.25. The van der Waals surface area contributed by atoms with Gasteiger partial charge in [-0.05, 0) is 43.2 Å². The first-order valence-corrected chi connectivity index (χ1v) is 6.93. The van der Waals surface area contributed by atoms with E-state index in [-0.39, 0.29) is 5.60 Å². The van der Waals surface area contributed by atoms with Crippen LogP contribution in [0.3, 0.4) is 0 Å². The molecule has 5 rings (SSSR count). The standard InChI is InChI=1S/C15H20N2O/c1-14(2)10-8-11-13(17-6-4-5-7-17)16-18-15(11,3)12(14)9-10/h4-7,10-12H,8-9H2,1-3H3. The van der Waals surface area contributed by atoms with Gasteiger partial charge in [-0.1, -0.05) is 19.0 Å². The SMILES string of the molecule is CC1(C)C2CC3C(n4cccc4)=NOC3(C)C1C2. The third kappa shape index (κ3) is 1.04. The molecule has 96 valence electrons. The Morgan fingerprint density at radius 2 is 1.94 bits per heavy atom. The van der Waals surface area contributed by atoms with Crippen LogP contribution in [-0.2, 0) is 4.84 Å². The first kappa shape index (κ1) is 10.7. The molecule has 2 bridgehead atoms. The van der Waals surface area contributed by atoms with Crippen molar-refractivity contribution in [1.29, 1.82) is 0 Å². The predicted molar refractivity (Wildman–Crippen MR) is 70.2 cm³/mol. The maximum atomic E-state index is 5.93. The molecule has 3 aliphatic carbocycles. The van der Waals surface area contributed by atoms with Crippen molar-refractivity contribution < 1.29 is 4.84 Å². The zero-order valence-electron chi connectivity index (χ0n) is 11.3. The third-order valence-electron chi connectivity index (χ3n) is 5.89. The van der Waals surface area contributed by atoms with Crippen molar-refractivity contribution in [1.82, 2.24) is 4.57 Å². The van der Waals surface area contributed by atoms with Crippen molar-refractivity contribution in [3.63, 3.8) is 0 Å². The molecular weight excluding hydrogens is 224 g/mol.